The third-order valence-electron chi connectivity index (χ3n) is 7.48. The Bertz CT molecular complexity index is 1080. The van der Waals surface area contributed by atoms with E-state index in [1.165, 1.54) is 5.56 Å². The number of rotatable bonds is 4. The Labute approximate surface area is 200 Å². The molecule has 178 valence electrons. The number of aryl methyl sites for hydroxylation is 1. The van der Waals surface area contributed by atoms with E-state index >= 15 is 0 Å². The van der Waals surface area contributed by atoms with E-state index in [1.54, 1.807) is 4.90 Å². The second-order valence-corrected chi connectivity index (χ2v) is 9.76. The van der Waals surface area contributed by atoms with Crippen molar-refractivity contribution in [3.63, 3.8) is 0 Å². The number of benzene rings is 2. The maximum absolute atomic E-state index is 13.6. The third kappa shape index (κ3) is 4.20. The van der Waals surface area contributed by atoms with Crippen molar-refractivity contribution in [3.8, 4) is 0 Å². The normalized spacial score (nSPS) is 19.7. The van der Waals surface area contributed by atoms with Crippen molar-refractivity contribution >= 4 is 29.1 Å². The lowest BCUT2D eigenvalue weighted by Crippen LogP contribution is -2.62. The quantitative estimate of drug-likeness (QED) is 0.762. The number of amides is 3. The number of nitrogens with one attached hydrogen (secondary N) is 1. The average molecular weight is 461 g/mol. The fourth-order valence-corrected chi connectivity index (χ4v) is 5.54. The van der Waals surface area contributed by atoms with E-state index in [-0.39, 0.29) is 24.3 Å². The molecule has 0 aromatic heterocycles. The summed E-state index contributed by atoms with van der Waals surface area (Å²) in [6.07, 6.45) is 3.68. The second-order valence-electron chi connectivity index (χ2n) is 9.76. The fourth-order valence-electron chi connectivity index (χ4n) is 5.54. The van der Waals surface area contributed by atoms with Crippen molar-refractivity contribution in [1.29, 1.82) is 0 Å². The molecule has 1 spiro atoms. The molecular weight excluding hydrogens is 428 g/mol. The topological polar surface area (TPSA) is 73.0 Å². The highest BCUT2D eigenvalue weighted by Gasteiger charge is 2.52. The van der Waals surface area contributed by atoms with Gasteiger partial charge in [0.2, 0.25) is 11.8 Å². The largest absolute Gasteiger partial charge is 0.340 e. The summed E-state index contributed by atoms with van der Waals surface area (Å²) >= 11 is 0. The molecular formula is C27H32N4O3. The number of hydrogen-bond acceptors (Lipinski definition) is 4. The van der Waals surface area contributed by atoms with Gasteiger partial charge in [0.1, 0.15) is 5.54 Å². The predicted octanol–water partition coefficient (Wildman–Crippen LogP) is 2.98. The molecule has 0 unspecified atom stereocenters. The van der Waals surface area contributed by atoms with Gasteiger partial charge in [-0.2, -0.15) is 0 Å². The highest BCUT2D eigenvalue weighted by Crippen LogP contribution is 2.45. The Morgan fingerprint density at radius 3 is 2.29 bits per heavy atom. The molecule has 1 saturated carbocycles. The van der Waals surface area contributed by atoms with Crippen LogP contribution in [0.15, 0.2) is 48.5 Å². The Kier molecular flexibility index (Phi) is 6.13. The van der Waals surface area contributed by atoms with Crippen LogP contribution in [0.5, 0.6) is 0 Å². The minimum Gasteiger partial charge on any atom is -0.340 e. The van der Waals surface area contributed by atoms with Gasteiger partial charge in [-0.15, -0.1) is 0 Å². The molecule has 3 aliphatic rings. The van der Waals surface area contributed by atoms with Gasteiger partial charge in [-0.1, -0.05) is 54.8 Å². The summed E-state index contributed by atoms with van der Waals surface area (Å²) in [6, 6.07) is 15.6. The minimum atomic E-state index is -0.780. The van der Waals surface area contributed by atoms with Crippen LogP contribution in [0, 0.1) is 6.92 Å². The van der Waals surface area contributed by atoms with Gasteiger partial charge in [0.15, 0.2) is 0 Å². The van der Waals surface area contributed by atoms with E-state index in [0.717, 1.165) is 24.1 Å². The summed E-state index contributed by atoms with van der Waals surface area (Å²) in [5, 5.41) is 3.03. The number of piperazine rings is 1. The van der Waals surface area contributed by atoms with Crippen molar-refractivity contribution in [2.24, 2.45) is 0 Å². The lowest BCUT2D eigenvalue weighted by Gasteiger charge is -2.45. The Balaban J connectivity index is 1.24. The summed E-state index contributed by atoms with van der Waals surface area (Å²) in [6.45, 7) is 4.82. The molecule has 3 amide bonds. The van der Waals surface area contributed by atoms with Crippen LogP contribution in [0.3, 0.4) is 0 Å². The molecule has 0 atom stereocenters. The highest BCUT2D eigenvalue weighted by molar-refractivity contribution is 6.15. The first-order valence-corrected chi connectivity index (χ1v) is 12.3. The summed E-state index contributed by atoms with van der Waals surface area (Å²) in [5.41, 5.74) is 2.92. The van der Waals surface area contributed by atoms with E-state index < -0.39 is 5.54 Å². The van der Waals surface area contributed by atoms with Crippen molar-refractivity contribution < 1.29 is 14.4 Å². The molecule has 5 rings (SSSR count). The van der Waals surface area contributed by atoms with Gasteiger partial charge in [-0.3, -0.25) is 24.2 Å². The molecule has 2 aliphatic heterocycles. The molecule has 1 aliphatic carbocycles. The SMILES string of the molecule is Cc1ccc(CC(=O)N2CCN(CC(=O)N3c4ccccc4NC(=O)C34CCCC4)CC2)cc1. The summed E-state index contributed by atoms with van der Waals surface area (Å²) in [7, 11) is 0. The maximum Gasteiger partial charge on any atom is 0.250 e. The van der Waals surface area contributed by atoms with Gasteiger partial charge in [0.25, 0.3) is 5.91 Å². The first-order valence-electron chi connectivity index (χ1n) is 12.3. The van der Waals surface area contributed by atoms with Crippen LogP contribution in [0.25, 0.3) is 0 Å². The van der Waals surface area contributed by atoms with E-state index in [9.17, 15) is 14.4 Å². The monoisotopic (exact) mass is 460 g/mol. The van der Waals surface area contributed by atoms with Gasteiger partial charge < -0.3 is 10.2 Å². The lowest BCUT2D eigenvalue weighted by atomic mass is 9.89. The Morgan fingerprint density at radius 2 is 1.59 bits per heavy atom. The molecule has 7 heteroatoms. The van der Waals surface area contributed by atoms with Crippen LogP contribution < -0.4 is 10.2 Å². The smallest absolute Gasteiger partial charge is 0.250 e. The Morgan fingerprint density at radius 1 is 0.912 bits per heavy atom. The number of hydrogen-bond donors (Lipinski definition) is 1. The molecule has 2 aromatic rings. The molecule has 7 nitrogen and oxygen atoms in total. The molecule has 2 fully saturated rings. The molecule has 0 radical (unpaired) electrons. The first kappa shape index (κ1) is 22.6. The number of carbonyl (C=O) groups excluding carboxylic acids is 3. The molecule has 0 bridgehead atoms. The second kappa shape index (κ2) is 9.22. The van der Waals surface area contributed by atoms with Crippen LogP contribution in [-0.4, -0.2) is 65.8 Å². The Hall–Kier alpha value is -3.19. The number of carbonyl (C=O) groups is 3. The van der Waals surface area contributed by atoms with Gasteiger partial charge in [-0.25, -0.2) is 0 Å². The predicted molar refractivity (Wildman–Crippen MR) is 132 cm³/mol. The molecule has 2 aromatic carbocycles. The van der Waals surface area contributed by atoms with Crippen molar-refractivity contribution in [2.45, 2.75) is 44.6 Å². The first-order chi connectivity index (χ1) is 16.5. The van der Waals surface area contributed by atoms with Crippen LogP contribution >= 0.6 is 0 Å². The number of para-hydroxylation sites is 2. The van der Waals surface area contributed by atoms with E-state index in [0.29, 0.717) is 51.1 Å². The zero-order valence-corrected chi connectivity index (χ0v) is 19.8. The van der Waals surface area contributed by atoms with Gasteiger partial charge >= 0.3 is 0 Å². The minimum absolute atomic E-state index is 0.0383. The standard InChI is InChI=1S/C27H32N4O3/c1-20-8-10-21(11-9-20)18-24(32)30-16-14-29(15-17-30)19-25(33)31-23-7-3-2-6-22(23)28-26(34)27(31)12-4-5-13-27/h2-3,6-11H,4-5,12-19H2,1H3,(H,28,34). The van der Waals surface area contributed by atoms with Crippen molar-refractivity contribution in [1.82, 2.24) is 9.80 Å². The maximum atomic E-state index is 13.6. The van der Waals surface area contributed by atoms with E-state index in [4.69, 9.17) is 0 Å². The molecule has 1 saturated heterocycles. The summed E-state index contributed by atoms with van der Waals surface area (Å²) < 4.78 is 0. The van der Waals surface area contributed by atoms with Crippen molar-refractivity contribution in [3.05, 3.63) is 59.7 Å². The van der Waals surface area contributed by atoms with Gasteiger partial charge in [-0.05, 0) is 37.5 Å². The number of nitrogens with zero attached hydrogens (tertiary/aromatic N) is 3. The average Bonchev–Trinajstić information content (AvgIpc) is 3.32. The van der Waals surface area contributed by atoms with Gasteiger partial charge in [0, 0.05) is 26.2 Å². The fraction of sp³-hybridized carbons (Fsp3) is 0.444. The molecule has 1 N–H and O–H groups in total. The molecule has 34 heavy (non-hydrogen) atoms. The third-order valence-corrected chi connectivity index (χ3v) is 7.48. The molecule has 2 heterocycles. The highest BCUT2D eigenvalue weighted by atomic mass is 16.2. The lowest BCUT2D eigenvalue weighted by molar-refractivity contribution is -0.133. The summed E-state index contributed by atoms with van der Waals surface area (Å²) in [5.74, 6) is 0.0218. The van der Waals surface area contributed by atoms with E-state index in [2.05, 4.69) is 10.2 Å². The van der Waals surface area contributed by atoms with Crippen LogP contribution in [0.2, 0.25) is 0 Å². The number of anilines is 2. The van der Waals surface area contributed by atoms with Crippen LogP contribution in [-0.2, 0) is 20.8 Å². The van der Waals surface area contributed by atoms with Gasteiger partial charge in [0.05, 0.1) is 24.3 Å². The van der Waals surface area contributed by atoms with Crippen LogP contribution in [0.4, 0.5) is 11.4 Å². The zero-order chi connectivity index (χ0) is 23.7. The van der Waals surface area contributed by atoms with Crippen molar-refractivity contribution in [2.75, 3.05) is 42.9 Å². The van der Waals surface area contributed by atoms with E-state index in [1.807, 2.05) is 60.4 Å². The van der Waals surface area contributed by atoms with Crippen LogP contribution in [0.1, 0.15) is 36.8 Å². The summed E-state index contributed by atoms with van der Waals surface area (Å²) in [4.78, 5) is 45.3. The number of fused-ring (bicyclic) bond motifs is 1. The zero-order valence-electron chi connectivity index (χ0n) is 19.8.